The van der Waals surface area contributed by atoms with Crippen LogP contribution < -0.4 is 9.64 Å². The Morgan fingerprint density at radius 3 is 2.64 bits per heavy atom. The van der Waals surface area contributed by atoms with Crippen LogP contribution in [0.4, 0.5) is 5.69 Å². The van der Waals surface area contributed by atoms with Gasteiger partial charge in [-0.2, -0.15) is 0 Å². The molecule has 0 aliphatic carbocycles. The summed E-state index contributed by atoms with van der Waals surface area (Å²) in [4.78, 5) is 36.2. The number of hydrogen-bond acceptors (Lipinski definition) is 7. The van der Waals surface area contributed by atoms with Crippen molar-refractivity contribution in [3.05, 3.63) is 83.4 Å². The number of fused-ring (bicyclic) bond motifs is 1. The fourth-order valence-corrected chi connectivity index (χ4v) is 4.87. The number of thiazole rings is 1. The van der Waals surface area contributed by atoms with Crippen molar-refractivity contribution in [2.75, 3.05) is 11.5 Å². The van der Waals surface area contributed by atoms with Crippen molar-refractivity contribution < 1.29 is 19.1 Å². The van der Waals surface area contributed by atoms with Crippen LogP contribution in [0.5, 0.6) is 5.75 Å². The zero-order chi connectivity index (χ0) is 25.1. The smallest absolute Gasteiger partial charge is 0.338 e. The maximum atomic E-state index is 13.3. The number of rotatable bonds is 7. The molecule has 1 unspecified atom stereocenters. The quantitative estimate of drug-likeness (QED) is 0.301. The second kappa shape index (κ2) is 10.3. The third-order valence-corrected chi connectivity index (χ3v) is 6.79. The molecule has 0 N–H and O–H groups in total. The molecule has 0 spiro atoms. The molecule has 0 saturated carbocycles. The molecule has 7 nitrogen and oxygen atoms in total. The van der Waals surface area contributed by atoms with Crippen molar-refractivity contribution in [1.82, 2.24) is 9.97 Å². The number of nitrogens with zero attached hydrogens (tertiary/aromatic N) is 3. The summed E-state index contributed by atoms with van der Waals surface area (Å²) in [6.45, 7) is 4.39. The minimum atomic E-state index is -0.544. The normalized spacial score (nSPS) is 14.8. The molecule has 1 amide bonds. The minimum absolute atomic E-state index is 0.0935. The van der Waals surface area contributed by atoms with Gasteiger partial charge in [0.2, 0.25) is 0 Å². The predicted octanol–water partition coefficient (Wildman–Crippen LogP) is 5.75. The first-order valence-corrected chi connectivity index (χ1v) is 12.7. The Labute approximate surface area is 213 Å². The Kier molecular flexibility index (Phi) is 6.77. The fourth-order valence-electron chi connectivity index (χ4n) is 4.06. The number of anilines is 1. The average Bonchev–Trinajstić information content (AvgIpc) is 3.41. The maximum Gasteiger partial charge on any atom is 0.338 e. The summed E-state index contributed by atoms with van der Waals surface area (Å²) in [5.41, 5.74) is 4.60. The summed E-state index contributed by atoms with van der Waals surface area (Å²) in [6.07, 6.45) is 1.77. The molecule has 8 heteroatoms. The van der Waals surface area contributed by atoms with E-state index in [2.05, 4.69) is 4.98 Å². The second-order valence-electron chi connectivity index (χ2n) is 8.29. The van der Waals surface area contributed by atoms with Crippen LogP contribution >= 0.6 is 11.3 Å². The Morgan fingerprint density at radius 2 is 1.92 bits per heavy atom. The molecule has 1 atom stereocenters. The summed E-state index contributed by atoms with van der Waals surface area (Å²) >= 11 is 1.53. The molecule has 2 aromatic carbocycles. The van der Waals surface area contributed by atoms with E-state index in [4.69, 9.17) is 14.5 Å². The lowest BCUT2D eigenvalue weighted by molar-refractivity contribution is -0.126. The predicted molar refractivity (Wildman–Crippen MR) is 139 cm³/mol. The molecule has 36 heavy (non-hydrogen) atoms. The van der Waals surface area contributed by atoms with Gasteiger partial charge in [-0.25, -0.2) is 9.78 Å². The van der Waals surface area contributed by atoms with Gasteiger partial charge in [-0.3, -0.25) is 9.78 Å². The largest absolute Gasteiger partial charge is 0.478 e. The molecule has 182 valence electrons. The Hall–Kier alpha value is -4.04. The molecule has 0 bridgehead atoms. The Morgan fingerprint density at radius 1 is 1.08 bits per heavy atom. The first-order valence-electron chi connectivity index (χ1n) is 11.8. The van der Waals surface area contributed by atoms with Gasteiger partial charge < -0.3 is 14.4 Å². The minimum Gasteiger partial charge on any atom is -0.478 e. The number of carbonyl (C=O) groups excluding carboxylic acids is 2. The molecular weight excluding hydrogens is 474 g/mol. The highest BCUT2D eigenvalue weighted by Crippen LogP contribution is 2.39. The molecule has 0 fully saturated rings. The van der Waals surface area contributed by atoms with Crippen molar-refractivity contribution in [3.63, 3.8) is 0 Å². The molecule has 0 saturated heterocycles. The third kappa shape index (κ3) is 4.72. The molecule has 2 aromatic heterocycles. The van der Waals surface area contributed by atoms with Crippen LogP contribution in [0.25, 0.3) is 22.0 Å². The first kappa shape index (κ1) is 23.7. The highest BCUT2D eigenvalue weighted by atomic mass is 32.1. The first-order chi connectivity index (χ1) is 17.6. The van der Waals surface area contributed by atoms with E-state index < -0.39 is 6.10 Å². The van der Waals surface area contributed by atoms with E-state index >= 15 is 0 Å². The number of ether oxygens (including phenoxy) is 2. The maximum absolute atomic E-state index is 13.3. The van der Waals surface area contributed by atoms with Crippen LogP contribution in [0.15, 0.2) is 72.2 Å². The summed E-state index contributed by atoms with van der Waals surface area (Å²) < 4.78 is 11.1. The van der Waals surface area contributed by atoms with E-state index in [-0.39, 0.29) is 11.9 Å². The number of esters is 1. The van der Waals surface area contributed by atoms with E-state index in [1.54, 1.807) is 30.2 Å². The summed E-state index contributed by atoms with van der Waals surface area (Å²) in [5.74, 6) is 0.207. The topological polar surface area (TPSA) is 81.6 Å². The molecule has 1 aliphatic rings. The second-order valence-corrected chi connectivity index (χ2v) is 9.15. The third-order valence-electron chi connectivity index (χ3n) is 5.92. The van der Waals surface area contributed by atoms with Gasteiger partial charge in [-0.05, 0) is 61.4 Å². The van der Waals surface area contributed by atoms with Crippen molar-refractivity contribution in [2.24, 2.45) is 0 Å². The van der Waals surface area contributed by atoms with Gasteiger partial charge in [-0.1, -0.05) is 25.1 Å². The number of amides is 1. The number of carbonyl (C=O) groups is 2. The Bertz CT molecular complexity index is 1390. The van der Waals surface area contributed by atoms with Crippen LogP contribution in [0, 0.1) is 0 Å². The van der Waals surface area contributed by atoms with Gasteiger partial charge in [0.1, 0.15) is 10.8 Å². The lowest BCUT2D eigenvalue weighted by Crippen LogP contribution is -2.45. The Balaban J connectivity index is 1.46. The van der Waals surface area contributed by atoms with E-state index in [1.165, 1.54) is 11.3 Å². The van der Waals surface area contributed by atoms with E-state index in [9.17, 15) is 9.59 Å². The van der Waals surface area contributed by atoms with E-state index in [0.29, 0.717) is 36.6 Å². The van der Waals surface area contributed by atoms with Crippen molar-refractivity contribution in [3.8, 4) is 27.7 Å². The van der Waals surface area contributed by atoms with Crippen molar-refractivity contribution >= 4 is 28.9 Å². The van der Waals surface area contributed by atoms with Gasteiger partial charge in [0, 0.05) is 17.1 Å². The number of hydrogen-bond donors (Lipinski definition) is 0. The van der Waals surface area contributed by atoms with Crippen molar-refractivity contribution in [2.45, 2.75) is 32.9 Å². The molecule has 1 aliphatic heterocycles. The van der Waals surface area contributed by atoms with Gasteiger partial charge in [0.15, 0.2) is 6.10 Å². The molecule has 5 rings (SSSR count). The van der Waals surface area contributed by atoms with E-state index in [0.717, 1.165) is 27.5 Å². The standard InChI is InChI=1S/C28H25N3O4S/c1-3-24-27(32)31(16-18-8-10-19(11-9-18)28(33)34-4-2)23-15-20(12-13-25(23)35-24)22-17-36-26(30-22)21-7-5-6-14-29-21/h5-15,17,24H,3-4,16H2,1-2H3. The van der Waals surface area contributed by atoms with Crippen LogP contribution in [0.2, 0.25) is 0 Å². The lowest BCUT2D eigenvalue weighted by Gasteiger charge is -2.34. The van der Waals surface area contributed by atoms with Gasteiger partial charge in [0.25, 0.3) is 5.91 Å². The van der Waals surface area contributed by atoms with Gasteiger partial charge in [-0.15, -0.1) is 11.3 Å². The lowest BCUT2D eigenvalue weighted by atomic mass is 10.1. The van der Waals surface area contributed by atoms with Crippen LogP contribution in [-0.2, 0) is 16.1 Å². The monoisotopic (exact) mass is 499 g/mol. The highest BCUT2D eigenvalue weighted by molar-refractivity contribution is 7.13. The number of pyridine rings is 1. The molecule has 4 aromatic rings. The summed E-state index contributed by atoms with van der Waals surface area (Å²) in [7, 11) is 0. The number of benzene rings is 2. The van der Waals surface area contributed by atoms with Crippen LogP contribution in [0.3, 0.4) is 0 Å². The zero-order valence-corrected chi connectivity index (χ0v) is 20.8. The highest BCUT2D eigenvalue weighted by Gasteiger charge is 2.33. The zero-order valence-electron chi connectivity index (χ0n) is 20.0. The van der Waals surface area contributed by atoms with E-state index in [1.807, 2.05) is 60.8 Å². The fraction of sp³-hybridized carbons (Fsp3) is 0.214. The van der Waals surface area contributed by atoms with Crippen molar-refractivity contribution in [1.29, 1.82) is 0 Å². The summed E-state index contributed by atoms with van der Waals surface area (Å²) in [5, 5.41) is 2.82. The molecule has 3 heterocycles. The van der Waals surface area contributed by atoms with Crippen LogP contribution in [-0.4, -0.2) is 34.6 Å². The summed E-state index contributed by atoms with van der Waals surface area (Å²) in [6, 6.07) is 18.7. The molecule has 0 radical (unpaired) electrons. The van der Waals surface area contributed by atoms with Gasteiger partial charge in [0.05, 0.1) is 35.8 Å². The van der Waals surface area contributed by atoms with Gasteiger partial charge >= 0.3 is 5.97 Å². The van der Waals surface area contributed by atoms with Crippen LogP contribution in [0.1, 0.15) is 36.2 Å². The SMILES string of the molecule is CCOC(=O)c1ccc(CN2C(=O)C(CC)Oc3ccc(-c4csc(-c5ccccn5)n4)cc32)cc1. The number of aromatic nitrogens is 2. The average molecular weight is 500 g/mol. The molecular formula is C28H25N3O4S.